The summed E-state index contributed by atoms with van der Waals surface area (Å²) < 4.78 is 56.0. The van der Waals surface area contributed by atoms with Gasteiger partial charge in [0.15, 0.2) is 0 Å². The Morgan fingerprint density at radius 1 is 0.923 bits per heavy atom. The average Bonchev–Trinajstić information content (AvgIpc) is 2.52. The van der Waals surface area contributed by atoms with Gasteiger partial charge in [0.1, 0.15) is 11.5 Å². The summed E-state index contributed by atoms with van der Waals surface area (Å²) in [4.78, 5) is 9.61. The van der Waals surface area contributed by atoms with Crippen LogP contribution in [0.3, 0.4) is 0 Å². The number of alkyl halides is 4. The highest BCUT2D eigenvalue weighted by atomic mass is 79.9. The maximum Gasteiger partial charge on any atom is 0.387 e. The molecule has 12 heteroatoms. The molecule has 0 aromatic heterocycles. The molecule has 0 aliphatic heterocycles. The van der Waals surface area contributed by atoms with Crippen LogP contribution in [0.2, 0.25) is 0 Å². The van der Waals surface area contributed by atoms with E-state index in [9.17, 15) is 27.7 Å². The molecule has 0 atom stereocenters. The number of nitrogens with zero attached hydrogens (tertiary/aromatic N) is 1. The number of anilines is 1. The summed E-state index contributed by atoms with van der Waals surface area (Å²) in [6.45, 7) is -5.84. The fourth-order valence-electron chi connectivity index (χ4n) is 1.50. The minimum atomic E-state index is -3.01. The first-order valence-corrected chi connectivity index (χ1v) is 8.07. The van der Waals surface area contributed by atoms with E-state index in [1.807, 2.05) is 0 Å². The Morgan fingerprint density at radius 3 is 1.85 bits per heavy atom. The van der Waals surface area contributed by atoms with E-state index in [2.05, 4.69) is 41.3 Å². The van der Waals surface area contributed by atoms with Crippen molar-refractivity contribution in [3.05, 3.63) is 55.5 Å². The van der Waals surface area contributed by atoms with Crippen molar-refractivity contribution >= 4 is 43.2 Å². The maximum absolute atomic E-state index is 11.8. The Hall–Kier alpha value is -2.08. The van der Waals surface area contributed by atoms with Gasteiger partial charge in [0.25, 0.3) is 5.69 Å². The summed E-state index contributed by atoms with van der Waals surface area (Å²) in [6.07, 6.45) is 0. The average molecular weight is 506 g/mol. The predicted octanol–water partition coefficient (Wildman–Crippen LogP) is 5.59. The van der Waals surface area contributed by atoms with Gasteiger partial charge in [-0.3, -0.25) is 10.1 Å². The Kier molecular flexibility index (Phi) is 8.58. The molecule has 2 aromatic carbocycles. The fraction of sp³-hybridized carbons (Fsp3) is 0.143. The van der Waals surface area contributed by atoms with Crippen LogP contribution in [-0.2, 0) is 0 Å². The maximum atomic E-state index is 11.8. The number of rotatable bonds is 5. The van der Waals surface area contributed by atoms with E-state index in [-0.39, 0.29) is 21.7 Å². The standard InChI is InChI=1S/C7H4BrF2NO3.C7H6BrF2NO/c8-5-2-1-4(11(12)13)3-6(5)14-7(9)10;8-5-2-1-4(11)3-6(5)12-7(9)10/h1-3,7H;1-3,7H,11H2. The zero-order valence-corrected chi connectivity index (χ0v) is 15.7. The Balaban J connectivity index is 0.000000263. The first-order chi connectivity index (χ1) is 12.1. The minimum Gasteiger partial charge on any atom is -0.434 e. The van der Waals surface area contributed by atoms with Gasteiger partial charge < -0.3 is 15.2 Å². The molecule has 142 valence electrons. The van der Waals surface area contributed by atoms with E-state index < -0.39 is 18.1 Å². The van der Waals surface area contributed by atoms with Crippen LogP contribution in [0, 0.1) is 10.1 Å². The number of nitro benzene ring substituents is 1. The molecule has 0 bridgehead atoms. The zero-order valence-electron chi connectivity index (χ0n) is 12.5. The Labute approximate surface area is 161 Å². The van der Waals surface area contributed by atoms with Crippen molar-refractivity contribution in [1.82, 2.24) is 0 Å². The van der Waals surface area contributed by atoms with Gasteiger partial charge in [0, 0.05) is 17.8 Å². The van der Waals surface area contributed by atoms with Gasteiger partial charge in [-0.05, 0) is 50.1 Å². The summed E-state index contributed by atoms with van der Waals surface area (Å²) in [5.74, 6) is -0.209. The first-order valence-electron chi connectivity index (χ1n) is 6.48. The third-order valence-corrected chi connectivity index (χ3v) is 3.82. The second-order valence-electron chi connectivity index (χ2n) is 4.32. The molecule has 26 heavy (non-hydrogen) atoms. The second kappa shape index (κ2) is 10.2. The van der Waals surface area contributed by atoms with Crippen molar-refractivity contribution in [1.29, 1.82) is 0 Å². The van der Waals surface area contributed by atoms with Crippen LogP contribution in [0.15, 0.2) is 45.3 Å². The Morgan fingerprint density at radius 2 is 1.38 bits per heavy atom. The monoisotopic (exact) mass is 504 g/mol. The number of nitrogen functional groups attached to an aromatic ring is 1. The van der Waals surface area contributed by atoms with E-state index in [1.54, 1.807) is 12.1 Å². The van der Waals surface area contributed by atoms with Gasteiger partial charge in [-0.15, -0.1) is 0 Å². The predicted molar refractivity (Wildman–Crippen MR) is 92.6 cm³/mol. The molecule has 2 N–H and O–H groups in total. The van der Waals surface area contributed by atoms with Crippen LogP contribution in [0.25, 0.3) is 0 Å². The summed E-state index contributed by atoms with van der Waals surface area (Å²) >= 11 is 5.97. The van der Waals surface area contributed by atoms with Crippen molar-refractivity contribution in [2.24, 2.45) is 0 Å². The molecule has 2 rings (SSSR count). The van der Waals surface area contributed by atoms with Gasteiger partial charge in [-0.2, -0.15) is 17.6 Å². The highest BCUT2D eigenvalue weighted by Crippen LogP contribution is 2.30. The molecule has 0 aliphatic carbocycles. The van der Waals surface area contributed by atoms with Gasteiger partial charge in [-0.1, -0.05) is 0 Å². The van der Waals surface area contributed by atoms with Crippen LogP contribution >= 0.6 is 31.9 Å². The molecule has 0 radical (unpaired) electrons. The molecule has 6 nitrogen and oxygen atoms in total. The lowest BCUT2D eigenvalue weighted by Gasteiger charge is -2.06. The molecule has 0 saturated heterocycles. The van der Waals surface area contributed by atoms with Crippen molar-refractivity contribution in [3.63, 3.8) is 0 Å². The summed E-state index contributed by atoms with van der Waals surface area (Å²) in [5.41, 5.74) is 5.44. The van der Waals surface area contributed by atoms with Gasteiger partial charge >= 0.3 is 13.2 Å². The molecular formula is C14H10Br2F4N2O4. The first kappa shape index (κ1) is 22.0. The number of nitrogens with two attached hydrogens (primary N) is 1. The number of benzene rings is 2. The van der Waals surface area contributed by atoms with Crippen molar-refractivity contribution in [2.45, 2.75) is 13.2 Å². The summed E-state index contributed by atoms with van der Waals surface area (Å²) in [6, 6.07) is 7.85. The quantitative estimate of drug-likeness (QED) is 0.247. The SMILES string of the molecule is Nc1ccc(Br)c(OC(F)F)c1.O=[N+]([O-])c1ccc(Br)c(OC(F)F)c1. The van der Waals surface area contributed by atoms with Crippen LogP contribution in [-0.4, -0.2) is 18.1 Å². The van der Waals surface area contributed by atoms with Crippen molar-refractivity contribution < 1.29 is 32.0 Å². The lowest BCUT2D eigenvalue weighted by Crippen LogP contribution is -2.02. The number of halogens is 6. The molecular weight excluding hydrogens is 496 g/mol. The second-order valence-corrected chi connectivity index (χ2v) is 6.03. The number of nitro groups is 1. The minimum absolute atomic E-state index is 0.0463. The van der Waals surface area contributed by atoms with E-state index >= 15 is 0 Å². The highest BCUT2D eigenvalue weighted by molar-refractivity contribution is 9.10. The molecule has 0 amide bonds. The lowest BCUT2D eigenvalue weighted by atomic mass is 10.3. The molecule has 0 fully saturated rings. The highest BCUT2D eigenvalue weighted by Gasteiger charge is 2.13. The van der Waals surface area contributed by atoms with Gasteiger partial charge in [0.05, 0.1) is 19.9 Å². The van der Waals surface area contributed by atoms with E-state index in [0.29, 0.717) is 10.2 Å². The number of non-ortho nitro benzene ring substituents is 1. The normalized spacial score (nSPS) is 10.3. The lowest BCUT2D eigenvalue weighted by molar-refractivity contribution is -0.385. The van der Waals surface area contributed by atoms with Crippen LogP contribution in [0.5, 0.6) is 11.5 Å². The topological polar surface area (TPSA) is 87.6 Å². The summed E-state index contributed by atoms with van der Waals surface area (Å²) in [5, 5.41) is 10.3. The van der Waals surface area contributed by atoms with Gasteiger partial charge in [0.2, 0.25) is 0 Å². The zero-order chi connectivity index (χ0) is 19.9. The molecule has 2 aromatic rings. The molecule has 0 saturated carbocycles. The number of hydrogen-bond donors (Lipinski definition) is 1. The molecule has 0 unspecified atom stereocenters. The summed E-state index contributed by atoms with van der Waals surface area (Å²) in [7, 11) is 0. The van der Waals surface area contributed by atoms with Gasteiger partial charge in [-0.25, -0.2) is 0 Å². The van der Waals surface area contributed by atoms with E-state index in [0.717, 1.165) is 6.07 Å². The molecule has 0 aliphatic rings. The Bertz CT molecular complexity index is 766. The molecule has 0 heterocycles. The van der Waals surface area contributed by atoms with E-state index in [1.165, 1.54) is 18.2 Å². The smallest absolute Gasteiger partial charge is 0.387 e. The van der Waals surface area contributed by atoms with Crippen LogP contribution in [0.1, 0.15) is 0 Å². The third-order valence-electron chi connectivity index (χ3n) is 2.51. The fourth-order valence-corrected chi connectivity index (χ4v) is 2.18. The van der Waals surface area contributed by atoms with E-state index in [4.69, 9.17) is 5.73 Å². The molecule has 0 spiro atoms. The largest absolute Gasteiger partial charge is 0.434 e. The van der Waals surface area contributed by atoms with Crippen molar-refractivity contribution in [2.75, 3.05) is 5.73 Å². The third kappa shape index (κ3) is 7.44. The number of hydrogen-bond acceptors (Lipinski definition) is 5. The van der Waals surface area contributed by atoms with Crippen molar-refractivity contribution in [3.8, 4) is 11.5 Å². The number of ether oxygens (including phenoxy) is 2. The van der Waals surface area contributed by atoms with Crippen LogP contribution < -0.4 is 15.2 Å². The van der Waals surface area contributed by atoms with Crippen LogP contribution in [0.4, 0.5) is 28.9 Å².